The fourth-order valence-corrected chi connectivity index (χ4v) is 4.34. The zero-order valence-corrected chi connectivity index (χ0v) is 16.5. The molecule has 0 spiro atoms. The zero-order chi connectivity index (χ0) is 19.6. The van der Waals surface area contributed by atoms with Crippen LogP contribution in [0, 0.1) is 5.41 Å². The van der Waals surface area contributed by atoms with E-state index >= 15 is 0 Å². The van der Waals surface area contributed by atoms with Crippen LogP contribution in [0.3, 0.4) is 0 Å². The van der Waals surface area contributed by atoms with Crippen molar-refractivity contribution in [1.82, 2.24) is 10.3 Å². The number of hydrogen-bond acceptors (Lipinski definition) is 2. The number of hydrogen-bond donors (Lipinski definition) is 3. The van der Waals surface area contributed by atoms with Crippen molar-refractivity contribution in [2.75, 3.05) is 13.2 Å². The molecule has 4 rings (SSSR count). The van der Waals surface area contributed by atoms with Gasteiger partial charge in [-0.1, -0.05) is 43.0 Å². The summed E-state index contributed by atoms with van der Waals surface area (Å²) in [5, 5.41) is 13.6. The van der Waals surface area contributed by atoms with Gasteiger partial charge in [0.1, 0.15) is 0 Å². The van der Waals surface area contributed by atoms with Gasteiger partial charge in [-0.3, -0.25) is 4.79 Å². The number of nitrogens with one attached hydrogen (secondary N) is 2. The van der Waals surface area contributed by atoms with E-state index in [4.69, 9.17) is 11.6 Å². The van der Waals surface area contributed by atoms with E-state index in [2.05, 4.69) is 10.3 Å². The van der Waals surface area contributed by atoms with Crippen molar-refractivity contribution in [2.45, 2.75) is 32.1 Å². The Hall–Kier alpha value is -2.37. The first-order valence-electron chi connectivity index (χ1n) is 9.79. The lowest BCUT2D eigenvalue weighted by Crippen LogP contribution is -2.41. The third-order valence-electron chi connectivity index (χ3n) is 5.80. The van der Waals surface area contributed by atoms with Gasteiger partial charge in [0, 0.05) is 17.0 Å². The van der Waals surface area contributed by atoms with E-state index in [0.29, 0.717) is 17.3 Å². The Labute approximate surface area is 169 Å². The molecule has 0 bridgehead atoms. The average molecular weight is 399 g/mol. The number of imidazole rings is 1. The molecule has 0 aliphatic heterocycles. The fraction of sp³-hybridized carbons (Fsp3) is 0.364. The van der Waals surface area contributed by atoms with Gasteiger partial charge >= 0.3 is 0 Å². The number of H-pyrrole nitrogens is 1. The van der Waals surface area contributed by atoms with Gasteiger partial charge in [0.2, 0.25) is 5.69 Å². The van der Waals surface area contributed by atoms with E-state index < -0.39 is 0 Å². The second-order valence-corrected chi connectivity index (χ2v) is 8.15. The van der Waals surface area contributed by atoms with Gasteiger partial charge in [0.15, 0.2) is 5.52 Å². The van der Waals surface area contributed by atoms with E-state index in [0.717, 1.165) is 42.6 Å². The average Bonchev–Trinajstić information content (AvgIpc) is 3.13. The maximum absolute atomic E-state index is 13.0. The fourth-order valence-electron chi connectivity index (χ4n) is 4.15. The minimum Gasteiger partial charge on any atom is -0.396 e. The third kappa shape index (κ3) is 3.64. The highest BCUT2D eigenvalue weighted by atomic mass is 35.5. The largest absolute Gasteiger partial charge is 0.396 e. The maximum Gasteiger partial charge on any atom is 0.295 e. The molecule has 2 aromatic heterocycles. The number of aromatic amines is 1. The molecule has 1 aromatic carbocycles. The number of nitrogens with zero attached hydrogens (tertiary/aromatic N) is 1. The van der Waals surface area contributed by atoms with Crippen molar-refractivity contribution < 1.29 is 14.3 Å². The molecule has 0 saturated heterocycles. The van der Waals surface area contributed by atoms with Crippen molar-refractivity contribution in [3.63, 3.8) is 0 Å². The Morgan fingerprint density at radius 2 is 2.00 bits per heavy atom. The van der Waals surface area contributed by atoms with Gasteiger partial charge in [0.25, 0.3) is 11.7 Å². The number of halogens is 1. The third-order valence-corrected chi connectivity index (χ3v) is 6.03. The highest BCUT2D eigenvalue weighted by Crippen LogP contribution is 2.35. The summed E-state index contributed by atoms with van der Waals surface area (Å²) in [4.78, 5) is 16.3. The molecule has 28 heavy (non-hydrogen) atoms. The standard InChI is InChI=1S/C22H24ClN3O2/c23-17-8-6-7-16(13-17)20-25-19(18-9-2-5-12-26(18)20)21(28)24-14-22(15-27)10-3-1-4-11-22/h2,5-9,12-13,27H,1,3-4,10-11,14-15H2,(H,24,28)/p+1. The van der Waals surface area contributed by atoms with E-state index in [1.807, 2.05) is 53.1 Å². The number of aliphatic hydroxyl groups excluding tert-OH is 1. The first-order chi connectivity index (χ1) is 13.6. The number of aliphatic hydroxyl groups is 1. The lowest BCUT2D eigenvalue weighted by atomic mass is 9.74. The molecule has 0 radical (unpaired) electrons. The monoisotopic (exact) mass is 398 g/mol. The predicted molar refractivity (Wildman–Crippen MR) is 109 cm³/mol. The van der Waals surface area contributed by atoms with Crippen LogP contribution in [0.4, 0.5) is 0 Å². The van der Waals surface area contributed by atoms with E-state index in [9.17, 15) is 9.90 Å². The molecule has 5 nitrogen and oxygen atoms in total. The van der Waals surface area contributed by atoms with E-state index in [-0.39, 0.29) is 17.9 Å². The minimum absolute atomic E-state index is 0.112. The van der Waals surface area contributed by atoms with Crippen LogP contribution in [-0.4, -0.2) is 29.1 Å². The predicted octanol–water partition coefficient (Wildman–Crippen LogP) is 3.75. The molecule has 0 atom stereocenters. The molecular weight excluding hydrogens is 374 g/mol. The summed E-state index contributed by atoms with van der Waals surface area (Å²) in [6.07, 6.45) is 7.26. The summed E-state index contributed by atoms with van der Waals surface area (Å²) >= 11 is 6.16. The molecule has 1 aliphatic rings. The summed E-state index contributed by atoms with van der Waals surface area (Å²) in [6, 6.07) is 13.3. The number of carbonyl (C=O) groups is 1. The van der Waals surface area contributed by atoms with Gasteiger partial charge in [-0.2, -0.15) is 4.40 Å². The SMILES string of the molecule is O=C(NCC1(CO)CCCCC1)c1[nH]c(-c2cccc(Cl)c2)[n+]2ccccc12. The number of pyridine rings is 1. The summed E-state index contributed by atoms with van der Waals surface area (Å²) in [5.74, 6) is 0.646. The molecule has 1 aliphatic carbocycles. The number of aromatic nitrogens is 2. The molecule has 146 valence electrons. The number of carbonyl (C=O) groups excluding carboxylic acids is 1. The van der Waals surface area contributed by atoms with Gasteiger partial charge in [-0.25, -0.2) is 4.98 Å². The first-order valence-corrected chi connectivity index (χ1v) is 10.2. The minimum atomic E-state index is -0.195. The van der Waals surface area contributed by atoms with E-state index in [1.165, 1.54) is 6.42 Å². The number of benzene rings is 1. The number of rotatable bonds is 5. The van der Waals surface area contributed by atoms with Crippen LogP contribution < -0.4 is 9.72 Å². The molecule has 1 amide bonds. The van der Waals surface area contributed by atoms with Crippen LogP contribution in [0.2, 0.25) is 5.02 Å². The van der Waals surface area contributed by atoms with Crippen molar-refractivity contribution in [1.29, 1.82) is 0 Å². The highest BCUT2D eigenvalue weighted by Gasteiger charge is 2.33. The molecule has 3 N–H and O–H groups in total. The molecule has 0 unspecified atom stereocenters. The lowest BCUT2D eigenvalue weighted by Gasteiger charge is -2.35. The first kappa shape index (κ1) is 19.0. The number of fused-ring (bicyclic) bond motifs is 1. The van der Waals surface area contributed by atoms with Crippen LogP contribution in [0.15, 0.2) is 48.7 Å². The topological polar surface area (TPSA) is 69.2 Å². The van der Waals surface area contributed by atoms with Crippen molar-refractivity contribution in [2.24, 2.45) is 5.41 Å². The van der Waals surface area contributed by atoms with Crippen molar-refractivity contribution in [3.05, 3.63) is 59.4 Å². The molecular formula is C22H25ClN3O2+. The summed E-state index contributed by atoms with van der Waals surface area (Å²) in [7, 11) is 0. The summed E-state index contributed by atoms with van der Waals surface area (Å²) in [5.41, 5.74) is 2.03. The van der Waals surface area contributed by atoms with Gasteiger partial charge < -0.3 is 10.4 Å². The molecule has 6 heteroatoms. The Bertz CT molecular complexity index is 992. The molecule has 1 saturated carbocycles. The van der Waals surface area contributed by atoms with Crippen molar-refractivity contribution in [3.8, 4) is 11.4 Å². The molecule has 2 heterocycles. The second-order valence-electron chi connectivity index (χ2n) is 7.72. The van der Waals surface area contributed by atoms with Crippen LogP contribution >= 0.6 is 11.6 Å². The summed E-state index contributed by atoms with van der Waals surface area (Å²) < 4.78 is 1.96. The van der Waals surface area contributed by atoms with Gasteiger partial charge in [-0.05, 0) is 43.2 Å². The van der Waals surface area contributed by atoms with E-state index in [1.54, 1.807) is 0 Å². The maximum atomic E-state index is 13.0. The Kier molecular flexibility index (Phi) is 5.38. The molecule has 3 aromatic rings. The normalized spacial score (nSPS) is 16.2. The zero-order valence-electron chi connectivity index (χ0n) is 15.7. The van der Waals surface area contributed by atoms with Crippen LogP contribution in [-0.2, 0) is 0 Å². The highest BCUT2D eigenvalue weighted by molar-refractivity contribution is 6.30. The van der Waals surface area contributed by atoms with Crippen LogP contribution in [0.5, 0.6) is 0 Å². The smallest absolute Gasteiger partial charge is 0.295 e. The Morgan fingerprint density at radius 3 is 2.75 bits per heavy atom. The van der Waals surface area contributed by atoms with Crippen LogP contribution in [0.1, 0.15) is 42.6 Å². The van der Waals surface area contributed by atoms with Gasteiger partial charge in [0.05, 0.1) is 18.4 Å². The molecule has 1 fully saturated rings. The Balaban J connectivity index is 1.64. The second kappa shape index (κ2) is 7.94. The number of amides is 1. The van der Waals surface area contributed by atoms with Crippen LogP contribution in [0.25, 0.3) is 16.9 Å². The van der Waals surface area contributed by atoms with Crippen molar-refractivity contribution >= 4 is 23.0 Å². The quantitative estimate of drug-likeness (QED) is 0.573. The lowest BCUT2D eigenvalue weighted by molar-refractivity contribution is -0.498. The Morgan fingerprint density at radius 1 is 1.18 bits per heavy atom. The van der Waals surface area contributed by atoms with Gasteiger partial charge in [-0.15, -0.1) is 0 Å². The summed E-state index contributed by atoms with van der Waals surface area (Å²) in [6.45, 7) is 0.605.